The van der Waals surface area contributed by atoms with E-state index in [9.17, 15) is 0 Å². The Balaban J connectivity index is 2.65. The summed E-state index contributed by atoms with van der Waals surface area (Å²) in [6, 6.07) is 4.07. The number of pyridine rings is 1. The van der Waals surface area contributed by atoms with Crippen molar-refractivity contribution in [2.24, 2.45) is 0 Å². The third kappa shape index (κ3) is 2.51. The van der Waals surface area contributed by atoms with E-state index in [-0.39, 0.29) is 0 Å². The molecule has 0 radical (unpaired) electrons. The summed E-state index contributed by atoms with van der Waals surface area (Å²) >= 11 is 0. The zero-order valence-corrected chi connectivity index (χ0v) is 7.83. The molecule has 0 amide bonds. The number of rotatable bonds is 3. The predicted molar refractivity (Wildman–Crippen MR) is 51.2 cm³/mol. The number of nitrogens with zero attached hydrogens (tertiary/aromatic N) is 2. The molecule has 1 N–H and O–H groups in total. The average molecular weight is 165 g/mol. The maximum absolute atomic E-state index is 4.29. The van der Waals surface area contributed by atoms with Gasteiger partial charge in [-0.05, 0) is 26.2 Å². The van der Waals surface area contributed by atoms with Crippen molar-refractivity contribution in [3.8, 4) is 0 Å². The maximum atomic E-state index is 4.29. The lowest BCUT2D eigenvalue weighted by Gasteiger charge is -2.08. The van der Waals surface area contributed by atoms with E-state index in [1.165, 1.54) is 0 Å². The normalized spacial score (nSPS) is 10.3. The van der Waals surface area contributed by atoms with Crippen LogP contribution < -0.4 is 5.32 Å². The second-order valence-electron chi connectivity index (χ2n) is 3.03. The van der Waals surface area contributed by atoms with E-state index in [2.05, 4.69) is 15.2 Å². The van der Waals surface area contributed by atoms with Gasteiger partial charge in [-0.1, -0.05) is 0 Å². The quantitative estimate of drug-likeness (QED) is 0.729. The van der Waals surface area contributed by atoms with Crippen molar-refractivity contribution < 1.29 is 0 Å². The molecule has 0 atom stereocenters. The highest BCUT2D eigenvalue weighted by atomic mass is 15.1. The molecular formula is C9H15N3. The molecule has 1 heterocycles. The highest BCUT2D eigenvalue weighted by Gasteiger charge is 1.95. The molecule has 0 saturated heterocycles. The molecule has 1 rings (SSSR count). The summed E-state index contributed by atoms with van der Waals surface area (Å²) in [6.07, 6.45) is 1.85. The van der Waals surface area contributed by atoms with E-state index in [0.29, 0.717) is 0 Å². The number of anilines is 1. The number of nitrogens with one attached hydrogen (secondary N) is 1. The van der Waals surface area contributed by atoms with Gasteiger partial charge in [-0.25, -0.2) is 0 Å². The van der Waals surface area contributed by atoms with Crippen LogP contribution in [0, 0.1) is 0 Å². The maximum Gasteiger partial charge on any atom is 0.0545 e. The molecule has 3 nitrogen and oxygen atoms in total. The van der Waals surface area contributed by atoms with Crippen LogP contribution in [0.25, 0.3) is 0 Å². The fourth-order valence-corrected chi connectivity index (χ4v) is 0.990. The highest BCUT2D eigenvalue weighted by Crippen LogP contribution is 2.05. The van der Waals surface area contributed by atoms with Gasteiger partial charge in [0.05, 0.1) is 17.6 Å². The minimum atomic E-state index is 0.893. The lowest BCUT2D eigenvalue weighted by molar-refractivity contribution is 0.397. The van der Waals surface area contributed by atoms with Crippen LogP contribution in [-0.4, -0.2) is 31.0 Å². The van der Waals surface area contributed by atoms with Crippen LogP contribution in [0.15, 0.2) is 18.3 Å². The molecule has 1 aromatic rings. The van der Waals surface area contributed by atoms with Crippen molar-refractivity contribution in [3.63, 3.8) is 0 Å². The molecule has 0 bridgehead atoms. The molecule has 0 unspecified atom stereocenters. The van der Waals surface area contributed by atoms with Gasteiger partial charge in [0, 0.05) is 13.6 Å². The molecular weight excluding hydrogens is 150 g/mol. The Kier molecular flexibility index (Phi) is 3.05. The van der Waals surface area contributed by atoms with Crippen molar-refractivity contribution in [1.29, 1.82) is 0 Å². The summed E-state index contributed by atoms with van der Waals surface area (Å²) in [4.78, 5) is 6.38. The summed E-state index contributed by atoms with van der Waals surface area (Å²) < 4.78 is 0. The second kappa shape index (κ2) is 4.07. The largest absolute Gasteiger partial charge is 0.387 e. The Hall–Kier alpha value is -1.09. The van der Waals surface area contributed by atoms with Gasteiger partial charge in [0.15, 0.2) is 0 Å². The Bertz CT molecular complexity index is 228. The van der Waals surface area contributed by atoms with E-state index >= 15 is 0 Å². The monoisotopic (exact) mass is 165 g/mol. The third-order valence-electron chi connectivity index (χ3n) is 1.59. The molecule has 0 aliphatic rings. The standard InChI is InChI=1S/C9H15N3/c1-10-8-4-5-9(11-6-8)7-12(2)3/h4-6,10H,7H2,1-3H3. The number of aromatic nitrogens is 1. The fraction of sp³-hybridized carbons (Fsp3) is 0.444. The zero-order chi connectivity index (χ0) is 8.97. The SMILES string of the molecule is CNc1ccc(CN(C)C)nc1. The van der Waals surface area contributed by atoms with Crippen LogP contribution in [0.1, 0.15) is 5.69 Å². The van der Waals surface area contributed by atoms with Crippen molar-refractivity contribution in [1.82, 2.24) is 9.88 Å². The van der Waals surface area contributed by atoms with Crippen molar-refractivity contribution in [3.05, 3.63) is 24.0 Å². The summed E-state index contributed by atoms with van der Waals surface area (Å²) in [6.45, 7) is 0.893. The fourth-order valence-electron chi connectivity index (χ4n) is 0.990. The van der Waals surface area contributed by atoms with Gasteiger partial charge in [0.2, 0.25) is 0 Å². The summed E-state index contributed by atoms with van der Waals surface area (Å²) in [5.74, 6) is 0. The molecule has 3 heteroatoms. The van der Waals surface area contributed by atoms with Crippen molar-refractivity contribution >= 4 is 5.69 Å². The van der Waals surface area contributed by atoms with E-state index < -0.39 is 0 Å². The minimum absolute atomic E-state index is 0.893. The molecule has 12 heavy (non-hydrogen) atoms. The van der Waals surface area contributed by atoms with Gasteiger partial charge in [0.25, 0.3) is 0 Å². The van der Waals surface area contributed by atoms with Crippen LogP contribution in [0.4, 0.5) is 5.69 Å². The lowest BCUT2D eigenvalue weighted by Crippen LogP contribution is -2.11. The van der Waals surface area contributed by atoms with Crippen LogP contribution in [0.2, 0.25) is 0 Å². The Morgan fingerprint density at radius 2 is 2.17 bits per heavy atom. The Morgan fingerprint density at radius 3 is 2.58 bits per heavy atom. The smallest absolute Gasteiger partial charge is 0.0545 e. The lowest BCUT2D eigenvalue weighted by atomic mass is 10.3. The molecule has 0 fully saturated rings. The molecule has 66 valence electrons. The topological polar surface area (TPSA) is 28.2 Å². The van der Waals surface area contributed by atoms with E-state index in [1.807, 2.05) is 39.5 Å². The first-order valence-electron chi connectivity index (χ1n) is 4.00. The van der Waals surface area contributed by atoms with Crippen LogP contribution in [-0.2, 0) is 6.54 Å². The van der Waals surface area contributed by atoms with Crippen molar-refractivity contribution in [2.45, 2.75) is 6.54 Å². The van der Waals surface area contributed by atoms with Crippen LogP contribution >= 0.6 is 0 Å². The predicted octanol–water partition coefficient (Wildman–Crippen LogP) is 1.18. The van der Waals surface area contributed by atoms with Gasteiger partial charge in [0.1, 0.15) is 0 Å². The number of hydrogen-bond donors (Lipinski definition) is 1. The highest BCUT2D eigenvalue weighted by molar-refractivity contribution is 5.39. The van der Waals surface area contributed by atoms with Gasteiger partial charge >= 0.3 is 0 Å². The summed E-state index contributed by atoms with van der Waals surface area (Å²) in [5, 5.41) is 3.03. The molecule has 0 saturated carbocycles. The van der Waals surface area contributed by atoms with Crippen LogP contribution in [0.5, 0.6) is 0 Å². The van der Waals surface area contributed by atoms with E-state index in [0.717, 1.165) is 17.9 Å². The minimum Gasteiger partial charge on any atom is -0.387 e. The summed E-state index contributed by atoms with van der Waals surface area (Å²) in [7, 11) is 5.96. The summed E-state index contributed by atoms with van der Waals surface area (Å²) in [5.41, 5.74) is 2.15. The first-order valence-corrected chi connectivity index (χ1v) is 4.00. The van der Waals surface area contributed by atoms with Crippen LogP contribution in [0.3, 0.4) is 0 Å². The van der Waals surface area contributed by atoms with Crippen molar-refractivity contribution in [2.75, 3.05) is 26.5 Å². The van der Waals surface area contributed by atoms with Gasteiger partial charge in [-0.15, -0.1) is 0 Å². The van der Waals surface area contributed by atoms with E-state index in [1.54, 1.807) is 0 Å². The van der Waals surface area contributed by atoms with Gasteiger partial charge in [-0.3, -0.25) is 4.98 Å². The number of hydrogen-bond acceptors (Lipinski definition) is 3. The molecule has 1 aromatic heterocycles. The van der Waals surface area contributed by atoms with Gasteiger partial charge < -0.3 is 10.2 Å². The molecule has 0 aliphatic heterocycles. The molecule has 0 spiro atoms. The van der Waals surface area contributed by atoms with Gasteiger partial charge in [-0.2, -0.15) is 0 Å². The zero-order valence-electron chi connectivity index (χ0n) is 7.83. The Morgan fingerprint density at radius 1 is 1.42 bits per heavy atom. The first-order chi connectivity index (χ1) is 5.72. The molecule has 0 aliphatic carbocycles. The third-order valence-corrected chi connectivity index (χ3v) is 1.59. The average Bonchev–Trinajstić information content (AvgIpc) is 2.05. The molecule has 0 aromatic carbocycles. The van der Waals surface area contributed by atoms with E-state index in [4.69, 9.17) is 0 Å². The first kappa shape index (κ1) is 9.00. The second-order valence-corrected chi connectivity index (χ2v) is 3.03. The Labute approximate surface area is 73.4 Å².